The highest BCUT2D eigenvalue weighted by atomic mass is 79.9. The molecular formula is C13H18BrNO2. The highest BCUT2D eigenvalue weighted by Crippen LogP contribution is 2.23. The van der Waals surface area contributed by atoms with E-state index in [1.54, 1.807) is 19.2 Å². The van der Waals surface area contributed by atoms with Crippen LogP contribution in [0, 0.1) is 0 Å². The molecule has 0 fully saturated rings. The summed E-state index contributed by atoms with van der Waals surface area (Å²) in [5.74, 6) is 0.505. The molecule has 0 saturated heterocycles. The molecule has 1 aromatic rings. The predicted octanol–water partition coefficient (Wildman–Crippen LogP) is 3.38. The van der Waals surface area contributed by atoms with Gasteiger partial charge in [-0.15, -0.1) is 0 Å². The standard InChI is InChI=1S/C13H18BrNO2/c1-4-10(5-2)15-13(16)11-7-6-9(14)8-12(11)17-3/h6-8,10H,4-5H2,1-3H3,(H,15,16). The van der Waals surface area contributed by atoms with Gasteiger partial charge in [-0.2, -0.15) is 0 Å². The summed E-state index contributed by atoms with van der Waals surface area (Å²) < 4.78 is 6.10. The molecule has 0 bridgehead atoms. The predicted molar refractivity (Wildman–Crippen MR) is 72.5 cm³/mol. The van der Waals surface area contributed by atoms with E-state index in [1.165, 1.54) is 0 Å². The molecule has 0 aliphatic heterocycles. The minimum Gasteiger partial charge on any atom is -0.496 e. The van der Waals surface area contributed by atoms with E-state index in [0.29, 0.717) is 11.3 Å². The van der Waals surface area contributed by atoms with Crippen molar-refractivity contribution in [3.63, 3.8) is 0 Å². The lowest BCUT2D eigenvalue weighted by Crippen LogP contribution is -2.34. The molecule has 3 nitrogen and oxygen atoms in total. The Kier molecular flexibility index (Phi) is 5.48. The van der Waals surface area contributed by atoms with Gasteiger partial charge in [0, 0.05) is 10.5 Å². The Morgan fingerprint density at radius 2 is 2.06 bits per heavy atom. The summed E-state index contributed by atoms with van der Waals surface area (Å²) in [6.45, 7) is 4.13. The van der Waals surface area contributed by atoms with Crippen molar-refractivity contribution in [1.29, 1.82) is 0 Å². The number of nitrogens with one attached hydrogen (secondary N) is 1. The number of halogens is 1. The van der Waals surface area contributed by atoms with Crippen molar-refractivity contribution in [3.05, 3.63) is 28.2 Å². The zero-order valence-corrected chi connectivity index (χ0v) is 12.0. The van der Waals surface area contributed by atoms with Crippen LogP contribution in [0.15, 0.2) is 22.7 Å². The fourth-order valence-corrected chi connectivity index (χ4v) is 1.95. The van der Waals surface area contributed by atoms with Gasteiger partial charge in [0.2, 0.25) is 0 Å². The highest BCUT2D eigenvalue weighted by Gasteiger charge is 2.15. The summed E-state index contributed by atoms with van der Waals surface area (Å²) in [4.78, 5) is 12.1. The van der Waals surface area contributed by atoms with Gasteiger partial charge in [0.1, 0.15) is 5.75 Å². The fourth-order valence-electron chi connectivity index (χ4n) is 1.61. The SMILES string of the molecule is CCC(CC)NC(=O)c1ccc(Br)cc1OC. The summed E-state index contributed by atoms with van der Waals surface area (Å²) in [6, 6.07) is 5.61. The van der Waals surface area contributed by atoms with Crippen molar-refractivity contribution < 1.29 is 9.53 Å². The first-order chi connectivity index (χ1) is 8.12. The van der Waals surface area contributed by atoms with Crippen LogP contribution in [0.25, 0.3) is 0 Å². The van der Waals surface area contributed by atoms with Crippen LogP contribution < -0.4 is 10.1 Å². The van der Waals surface area contributed by atoms with E-state index in [2.05, 4.69) is 35.1 Å². The van der Waals surface area contributed by atoms with Gasteiger partial charge in [-0.25, -0.2) is 0 Å². The van der Waals surface area contributed by atoms with Gasteiger partial charge in [0.15, 0.2) is 0 Å². The van der Waals surface area contributed by atoms with E-state index in [1.807, 2.05) is 6.07 Å². The number of amides is 1. The first-order valence-corrected chi connectivity index (χ1v) is 6.56. The summed E-state index contributed by atoms with van der Waals surface area (Å²) in [5, 5.41) is 2.99. The van der Waals surface area contributed by atoms with Crippen molar-refractivity contribution in [2.75, 3.05) is 7.11 Å². The van der Waals surface area contributed by atoms with Crippen LogP contribution in [0.5, 0.6) is 5.75 Å². The molecule has 0 radical (unpaired) electrons. The second kappa shape index (κ2) is 6.64. The molecule has 1 N–H and O–H groups in total. The van der Waals surface area contributed by atoms with E-state index in [-0.39, 0.29) is 11.9 Å². The summed E-state index contributed by atoms with van der Waals surface area (Å²) in [7, 11) is 1.57. The zero-order chi connectivity index (χ0) is 12.8. The quantitative estimate of drug-likeness (QED) is 0.905. The van der Waals surface area contributed by atoms with Crippen LogP contribution in [0.3, 0.4) is 0 Å². The minimum atomic E-state index is -0.0805. The number of methoxy groups -OCH3 is 1. The van der Waals surface area contributed by atoms with Gasteiger partial charge in [-0.3, -0.25) is 4.79 Å². The lowest BCUT2D eigenvalue weighted by Gasteiger charge is -2.16. The third-order valence-corrected chi connectivity index (χ3v) is 3.22. The first kappa shape index (κ1) is 14.0. The third-order valence-electron chi connectivity index (χ3n) is 2.73. The number of hydrogen-bond donors (Lipinski definition) is 1. The van der Waals surface area contributed by atoms with Gasteiger partial charge in [-0.05, 0) is 31.0 Å². The third kappa shape index (κ3) is 3.73. The maximum absolute atomic E-state index is 12.1. The molecular weight excluding hydrogens is 282 g/mol. The van der Waals surface area contributed by atoms with Crippen molar-refractivity contribution in [1.82, 2.24) is 5.32 Å². The monoisotopic (exact) mass is 299 g/mol. The molecule has 0 aliphatic rings. The second-order valence-corrected chi connectivity index (χ2v) is 4.75. The Hall–Kier alpha value is -1.03. The molecule has 1 rings (SSSR count). The maximum atomic E-state index is 12.1. The van der Waals surface area contributed by atoms with Crippen molar-refractivity contribution in [2.45, 2.75) is 32.7 Å². The lowest BCUT2D eigenvalue weighted by molar-refractivity contribution is 0.0932. The van der Waals surface area contributed by atoms with Gasteiger partial charge in [0.05, 0.1) is 12.7 Å². The normalized spacial score (nSPS) is 10.4. The van der Waals surface area contributed by atoms with E-state index < -0.39 is 0 Å². The number of carbonyl (C=O) groups excluding carboxylic acids is 1. The van der Waals surface area contributed by atoms with Crippen LogP contribution in [0.2, 0.25) is 0 Å². The molecule has 0 heterocycles. The van der Waals surface area contributed by atoms with Crippen molar-refractivity contribution in [3.8, 4) is 5.75 Å². The Balaban J connectivity index is 2.88. The average Bonchev–Trinajstić information content (AvgIpc) is 2.35. The van der Waals surface area contributed by atoms with Crippen LogP contribution in [0.4, 0.5) is 0 Å². The summed E-state index contributed by atoms with van der Waals surface area (Å²) in [5.41, 5.74) is 0.572. The number of rotatable bonds is 5. The summed E-state index contributed by atoms with van der Waals surface area (Å²) in [6.07, 6.45) is 1.86. The highest BCUT2D eigenvalue weighted by molar-refractivity contribution is 9.10. The average molecular weight is 300 g/mol. The Morgan fingerprint density at radius 3 is 2.59 bits per heavy atom. The van der Waals surface area contributed by atoms with E-state index >= 15 is 0 Å². The maximum Gasteiger partial charge on any atom is 0.255 e. The van der Waals surface area contributed by atoms with Crippen LogP contribution >= 0.6 is 15.9 Å². The largest absolute Gasteiger partial charge is 0.496 e. The molecule has 0 atom stereocenters. The zero-order valence-electron chi connectivity index (χ0n) is 10.4. The number of hydrogen-bond acceptors (Lipinski definition) is 2. The van der Waals surface area contributed by atoms with Crippen molar-refractivity contribution in [2.24, 2.45) is 0 Å². The molecule has 94 valence electrons. The van der Waals surface area contributed by atoms with E-state index in [4.69, 9.17) is 4.74 Å². The van der Waals surface area contributed by atoms with Crippen LogP contribution in [0.1, 0.15) is 37.0 Å². The van der Waals surface area contributed by atoms with E-state index in [9.17, 15) is 4.79 Å². The second-order valence-electron chi connectivity index (χ2n) is 3.83. The molecule has 17 heavy (non-hydrogen) atoms. The Morgan fingerprint density at radius 1 is 1.41 bits per heavy atom. The number of benzene rings is 1. The molecule has 1 amide bonds. The topological polar surface area (TPSA) is 38.3 Å². The van der Waals surface area contributed by atoms with Crippen molar-refractivity contribution >= 4 is 21.8 Å². The summed E-state index contributed by atoms with van der Waals surface area (Å²) >= 11 is 3.35. The van der Waals surface area contributed by atoms with Crippen LogP contribution in [-0.2, 0) is 0 Å². The number of ether oxygens (including phenoxy) is 1. The van der Waals surface area contributed by atoms with Crippen LogP contribution in [-0.4, -0.2) is 19.1 Å². The first-order valence-electron chi connectivity index (χ1n) is 5.76. The smallest absolute Gasteiger partial charge is 0.255 e. The molecule has 1 aromatic carbocycles. The fraction of sp³-hybridized carbons (Fsp3) is 0.462. The van der Waals surface area contributed by atoms with Gasteiger partial charge in [0.25, 0.3) is 5.91 Å². The molecule has 0 saturated carbocycles. The van der Waals surface area contributed by atoms with Gasteiger partial charge >= 0.3 is 0 Å². The molecule has 0 aromatic heterocycles. The van der Waals surface area contributed by atoms with Gasteiger partial charge in [-0.1, -0.05) is 29.8 Å². The molecule has 4 heteroatoms. The molecule has 0 aliphatic carbocycles. The lowest BCUT2D eigenvalue weighted by atomic mass is 10.1. The molecule has 0 spiro atoms. The Bertz CT molecular complexity index is 389. The minimum absolute atomic E-state index is 0.0805. The van der Waals surface area contributed by atoms with E-state index in [0.717, 1.165) is 17.3 Å². The van der Waals surface area contributed by atoms with Gasteiger partial charge < -0.3 is 10.1 Å². The Labute approximate surface area is 111 Å². The number of carbonyl (C=O) groups is 1. The molecule has 0 unspecified atom stereocenters.